The van der Waals surface area contributed by atoms with Crippen LogP contribution in [-0.4, -0.2) is 5.11 Å². The van der Waals surface area contributed by atoms with Crippen LogP contribution in [0.4, 0.5) is 0 Å². The molecule has 0 spiro atoms. The maximum Gasteiger partial charge on any atom is 0.0972 e. The molecule has 0 saturated heterocycles. The standard InChI is InChI=1S/C16H20OS/c1-4-13-10-11-14(18-13)15(17)16(2,3)12-8-6-5-7-9-12/h5-11,15,17H,4H2,1-3H3. The summed E-state index contributed by atoms with van der Waals surface area (Å²) >= 11 is 1.71. The summed E-state index contributed by atoms with van der Waals surface area (Å²) in [7, 11) is 0. The SMILES string of the molecule is CCc1ccc(C(O)C(C)(C)c2ccccc2)s1. The van der Waals surface area contributed by atoms with Gasteiger partial charge in [-0.25, -0.2) is 0 Å². The molecule has 2 aromatic rings. The van der Waals surface area contributed by atoms with E-state index in [0.29, 0.717) is 0 Å². The van der Waals surface area contributed by atoms with Gasteiger partial charge in [0.1, 0.15) is 0 Å². The van der Waals surface area contributed by atoms with Gasteiger partial charge < -0.3 is 5.11 Å². The van der Waals surface area contributed by atoms with Crippen LogP contribution in [0.5, 0.6) is 0 Å². The lowest BCUT2D eigenvalue weighted by molar-refractivity contribution is 0.104. The minimum Gasteiger partial charge on any atom is -0.387 e. The Hall–Kier alpha value is -1.12. The summed E-state index contributed by atoms with van der Waals surface area (Å²) < 4.78 is 0. The summed E-state index contributed by atoms with van der Waals surface area (Å²) in [6.45, 7) is 6.33. The van der Waals surface area contributed by atoms with Gasteiger partial charge in [-0.15, -0.1) is 11.3 Å². The molecule has 1 N–H and O–H groups in total. The minimum atomic E-state index is -0.454. The lowest BCUT2D eigenvalue weighted by Gasteiger charge is -2.30. The predicted molar refractivity (Wildman–Crippen MR) is 78.1 cm³/mol. The van der Waals surface area contributed by atoms with Crippen LogP contribution in [0.15, 0.2) is 42.5 Å². The first kappa shape index (κ1) is 13.3. The fourth-order valence-corrected chi connectivity index (χ4v) is 3.24. The third kappa shape index (κ3) is 2.50. The molecule has 18 heavy (non-hydrogen) atoms. The molecule has 1 heterocycles. The van der Waals surface area contributed by atoms with Crippen molar-refractivity contribution in [2.45, 2.75) is 38.7 Å². The second kappa shape index (κ2) is 5.25. The average molecular weight is 260 g/mol. The van der Waals surface area contributed by atoms with Crippen LogP contribution in [0.25, 0.3) is 0 Å². The van der Waals surface area contributed by atoms with E-state index in [9.17, 15) is 5.11 Å². The zero-order valence-corrected chi connectivity index (χ0v) is 12.0. The average Bonchev–Trinajstić information content (AvgIpc) is 2.87. The molecule has 1 aromatic carbocycles. The zero-order chi connectivity index (χ0) is 13.2. The van der Waals surface area contributed by atoms with Crippen LogP contribution in [0.2, 0.25) is 0 Å². The second-order valence-electron chi connectivity index (χ2n) is 5.15. The Morgan fingerprint density at radius 3 is 2.33 bits per heavy atom. The highest BCUT2D eigenvalue weighted by atomic mass is 32.1. The zero-order valence-electron chi connectivity index (χ0n) is 11.2. The van der Waals surface area contributed by atoms with E-state index in [1.807, 2.05) is 18.2 Å². The maximum atomic E-state index is 10.6. The van der Waals surface area contributed by atoms with E-state index in [1.54, 1.807) is 11.3 Å². The van der Waals surface area contributed by atoms with Crippen molar-refractivity contribution in [2.75, 3.05) is 0 Å². The fraction of sp³-hybridized carbons (Fsp3) is 0.375. The number of aryl methyl sites for hydroxylation is 1. The van der Waals surface area contributed by atoms with Gasteiger partial charge in [-0.3, -0.25) is 0 Å². The summed E-state index contributed by atoms with van der Waals surface area (Å²) in [6.07, 6.45) is 0.577. The van der Waals surface area contributed by atoms with E-state index >= 15 is 0 Å². The Bertz CT molecular complexity index is 499. The highest BCUT2D eigenvalue weighted by Crippen LogP contribution is 2.39. The molecule has 0 bridgehead atoms. The van der Waals surface area contributed by atoms with Crippen LogP contribution in [-0.2, 0) is 11.8 Å². The van der Waals surface area contributed by atoms with Gasteiger partial charge in [0, 0.05) is 15.2 Å². The number of thiophene rings is 1. The number of aliphatic hydroxyl groups is 1. The molecule has 0 aliphatic carbocycles. The Kier molecular flexibility index (Phi) is 3.88. The molecular formula is C16H20OS. The highest BCUT2D eigenvalue weighted by molar-refractivity contribution is 7.12. The van der Waals surface area contributed by atoms with E-state index in [4.69, 9.17) is 0 Å². The summed E-state index contributed by atoms with van der Waals surface area (Å²) in [5.41, 5.74) is 0.904. The summed E-state index contributed by atoms with van der Waals surface area (Å²) in [5.74, 6) is 0. The normalized spacial score (nSPS) is 13.6. The van der Waals surface area contributed by atoms with Crippen LogP contribution in [0, 0.1) is 0 Å². The monoisotopic (exact) mass is 260 g/mol. The van der Waals surface area contributed by atoms with Crippen LogP contribution in [0.1, 0.15) is 42.2 Å². The van der Waals surface area contributed by atoms with Crippen molar-refractivity contribution < 1.29 is 5.11 Å². The third-order valence-electron chi connectivity index (χ3n) is 3.50. The molecule has 0 aliphatic heterocycles. The molecule has 1 unspecified atom stereocenters. The van der Waals surface area contributed by atoms with Crippen molar-refractivity contribution in [3.05, 3.63) is 57.8 Å². The molecule has 2 heteroatoms. The summed E-state index contributed by atoms with van der Waals surface area (Å²) in [5, 5.41) is 10.6. The van der Waals surface area contributed by atoms with Crippen molar-refractivity contribution in [1.29, 1.82) is 0 Å². The van der Waals surface area contributed by atoms with Gasteiger partial charge in [-0.05, 0) is 24.1 Å². The predicted octanol–water partition coefficient (Wildman–Crippen LogP) is 4.32. The maximum absolute atomic E-state index is 10.6. The lowest BCUT2D eigenvalue weighted by Crippen LogP contribution is -2.26. The molecule has 2 rings (SSSR count). The lowest BCUT2D eigenvalue weighted by atomic mass is 9.79. The smallest absolute Gasteiger partial charge is 0.0972 e. The molecule has 96 valence electrons. The molecule has 0 fully saturated rings. The Morgan fingerprint density at radius 2 is 1.78 bits per heavy atom. The van der Waals surface area contributed by atoms with E-state index < -0.39 is 6.10 Å². The van der Waals surface area contributed by atoms with E-state index in [0.717, 1.165) is 11.3 Å². The van der Waals surface area contributed by atoms with Gasteiger partial charge in [-0.2, -0.15) is 0 Å². The van der Waals surface area contributed by atoms with Crippen LogP contribution < -0.4 is 0 Å². The van der Waals surface area contributed by atoms with Gasteiger partial charge in [0.05, 0.1) is 6.10 Å². The molecule has 0 radical (unpaired) electrons. The molecule has 1 aromatic heterocycles. The van der Waals surface area contributed by atoms with Crippen molar-refractivity contribution >= 4 is 11.3 Å². The number of hydrogen-bond donors (Lipinski definition) is 1. The van der Waals surface area contributed by atoms with E-state index in [-0.39, 0.29) is 5.41 Å². The molecule has 0 saturated carbocycles. The Balaban J connectivity index is 2.29. The Labute approximate surface area is 113 Å². The molecule has 1 atom stereocenters. The number of rotatable bonds is 4. The van der Waals surface area contributed by atoms with Crippen molar-refractivity contribution in [2.24, 2.45) is 0 Å². The molecule has 0 amide bonds. The fourth-order valence-electron chi connectivity index (χ4n) is 2.11. The molecular weight excluding hydrogens is 240 g/mol. The van der Waals surface area contributed by atoms with Gasteiger partial charge in [-0.1, -0.05) is 51.1 Å². The quantitative estimate of drug-likeness (QED) is 0.868. The third-order valence-corrected chi connectivity index (χ3v) is 4.78. The topological polar surface area (TPSA) is 20.2 Å². The van der Waals surface area contributed by atoms with Crippen molar-refractivity contribution in [3.8, 4) is 0 Å². The van der Waals surface area contributed by atoms with Gasteiger partial charge in [0.15, 0.2) is 0 Å². The van der Waals surface area contributed by atoms with E-state index in [1.165, 1.54) is 10.4 Å². The number of aliphatic hydroxyl groups excluding tert-OH is 1. The van der Waals surface area contributed by atoms with Gasteiger partial charge in [0.2, 0.25) is 0 Å². The molecule has 0 aliphatic rings. The Morgan fingerprint density at radius 1 is 1.11 bits per heavy atom. The van der Waals surface area contributed by atoms with Crippen molar-refractivity contribution in [1.82, 2.24) is 0 Å². The number of benzene rings is 1. The van der Waals surface area contributed by atoms with Crippen molar-refractivity contribution in [3.63, 3.8) is 0 Å². The first-order chi connectivity index (χ1) is 8.55. The minimum absolute atomic E-state index is 0.267. The van der Waals surface area contributed by atoms with Crippen LogP contribution in [0.3, 0.4) is 0 Å². The van der Waals surface area contributed by atoms with Gasteiger partial charge in [0.25, 0.3) is 0 Å². The van der Waals surface area contributed by atoms with Crippen LogP contribution >= 0.6 is 11.3 Å². The largest absolute Gasteiger partial charge is 0.387 e. The van der Waals surface area contributed by atoms with Gasteiger partial charge >= 0.3 is 0 Å². The first-order valence-electron chi connectivity index (χ1n) is 6.38. The summed E-state index contributed by atoms with van der Waals surface area (Å²) in [6, 6.07) is 14.4. The van der Waals surface area contributed by atoms with E-state index in [2.05, 4.69) is 45.0 Å². The second-order valence-corrected chi connectivity index (χ2v) is 6.35. The number of hydrogen-bond acceptors (Lipinski definition) is 2. The molecule has 1 nitrogen and oxygen atoms in total. The highest BCUT2D eigenvalue weighted by Gasteiger charge is 2.31. The summed E-state index contributed by atoms with van der Waals surface area (Å²) in [4.78, 5) is 2.38. The first-order valence-corrected chi connectivity index (χ1v) is 7.19.